The fourth-order valence-electron chi connectivity index (χ4n) is 3.96. The number of amides is 1. The number of nitrogens with zero attached hydrogens (tertiary/aromatic N) is 5. The maximum absolute atomic E-state index is 14.8. The lowest BCUT2D eigenvalue weighted by Crippen LogP contribution is -2.32. The van der Waals surface area contributed by atoms with E-state index in [9.17, 15) is 13.6 Å². The molecule has 0 aliphatic carbocycles. The Labute approximate surface area is 152 Å². The van der Waals surface area contributed by atoms with E-state index in [1.54, 1.807) is 11.8 Å². The first-order valence-electron chi connectivity index (χ1n) is 8.37. The largest absolute Gasteiger partial charge is 0.444 e. The molecule has 4 atom stereocenters. The Balaban J connectivity index is 1.61. The first kappa shape index (κ1) is 17.2. The van der Waals surface area contributed by atoms with Crippen LogP contribution in [0.25, 0.3) is 10.4 Å². The van der Waals surface area contributed by atoms with Gasteiger partial charge < -0.3 is 9.64 Å². The van der Waals surface area contributed by atoms with Gasteiger partial charge in [0.15, 0.2) is 11.6 Å². The summed E-state index contributed by atoms with van der Waals surface area (Å²) in [7, 11) is 0. The number of halogens is 2. The Hall–Kier alpha value is -2.19. The number of fused-ring (bicyclic) bond motifs is 2. The Morgan fingerprint density at radius 3 is 2.73 bits per heavy atom. The molecule has 0 saturated carbocycles. The average molecular weight is 381 g/mol. The third-order valence-corrected chi connectivity index (χ3v) is 6.66. The highest BCUT2D eigenvalue weighted by atomic mass is 32.2. The third-order valence-electron chi connectivity index (χ3n) is 5.05. The molecule has 0 N–H and O–H groups in total. The minimum Gasteiger partial charge on any atom is -0.444 e. The van der Waals surface area contributed by atoms with Crippen molar-refractivity contribution >= 4 is 29.2 Å². The van der Waals surface area contributed by atoms with Crippen LogP contribution in [0.2, 0.25) is 0 Å². The zero-order chi connectivity index (χ0) is 18.4. The predicted molar refractivity (Wildman–Crippen MR) is 94.3 cm³/mol. The van der Waals surface area contributed by atoms with Crippen LogP contribution in [0.1, 0.15) is 13.3 Å². The van der Waals surface area contributed by atoms with E-state index < -0.39 is 23.8 Å². The third kappa shape index (κ3) is 2.73. The van der Waals surface area contributed by atoms with Gasteiger partial charge in [-0.15, -0.1) is 11.8 Å². The van der Waals surface area contributed by atoms with Crippen LogP contribution in [0, 0.1) is 17.6 Å². The van der Waals surface area contributed by atoms with Crippen molar-refractivity contribution < 1.29 is 18.3 Å². The maximum atomic E-state index is 14.8. The normalized spacial score (nSPS) is 29.9. The summed E-state index contributed by atoms with van der Waals surface area (Å²) in [5.41, 5.74) is 8.43. The number of carbonyl (C=O) groups is 1. The molecule has 3 fully saturated rings. The van der Waals surface area contributed by atoms with Gasteiger partial charge in [0.05, 0.1) is 24.2 Å². The average Bonchev–Trinajstić information content (AvgIpc) is 3.25. The summed E-state index contributed by atoms with van der Waals surface area (Å²) >= 11 is 1.73. The van der Waals surface area contributed by atoms with Crippen LogP contribution in [0.5, 0.6) is 0 Å². The van der Waals surface area contributed by atoms with E-state index in [0.717, 1.165) is 17.1 Å². The fraction of sp³-hybridized carbons (Fsp3) is 0.562. The van der Waals surface area contributed by atoms with Crippen LogP contribution < -0.4 is 9.80 Å². The number of hydrogen-bond donors (Lipinski definition) is 0. The van der Waals surface area contributed by atoms with Gasteiger partial charge in [-0.25, -0.2) is 13.6 Å². The molecule has 1 aromatic rings. The van der Waals surface area contributed by atoms with E-state index in [1.807, 2.05) is 4.90 Å². The van der Waals surface area contributed by atoms with E-state index in [4.69, 9.17) is 10.3 Å². The van der Waals surface area contributed by atoms with Crippen molar-refractivity contribution in [2.45, 2.75) is 30.9 Å². The first-order valence-corrected chi connectivity index (χ1v) is 9.42. The van der Waals surface area contributed by atoms with Crippen LogP contribution in [-0.2, 0) is 4.74 Å². The smallest absolute Gasteiger partial charge is 0.414 e. The lowest BCUT2D eigenvalue weighted by atomic mass is 10.1. The summed E-state index contributed by atoms with van der Waals surface area (Å²) in [5.74, 6) is -0.113. The van der Waals surface area contributed by atoms with Crippen LogP contribution in [0.15, 0.2) is 17.2 Å². The zero-order valence-corrected chi connectivity index (χ0v) is 14.8. The molecule has 3 saturated heterocycles. The van der Waals surface area contributed by atoms with Gasteiger partial charge in [-0.05, 0) is 17.9 Å². The number of thioether (sulfide) groups is 1. The summed E-state index contributed by atoms with van der Waals surface area (Å²) in [6, 6.07) is 2.48. The van der Waals surface area contributed by atoms with E-state index in [-0.39, 0.29) is 35.9 Å². The molecule has 0 aromatic heterocycles. The Morgan fingerprint density at radius 1 is 1.42 bits per heavy atom. The molecule has 10 heteroatoms. The summed E-state index contributed by atoms with van der Waals surface area (Å²) in [4.78, 5) is 17.6. The number of rotatable bonds is 4. The summed E-state index contributed by atoms with van der Waals surface area (Å²) < 4.78 is 34.7. The van der Waals surface area contributed by atoms with Crippen molar-refractivity contribution in [3.63, 3.8) is 0 Å². The van der Waals surface area contributed by atoms with E-state index in [1.165, 1.54) is 12.1 Å². The summed E-state index contributed by atoms with van der Waals surface area (Å²) in [5, 5.41) is 3.45. The minimum absolute atomic E-state index is 0.0173. The van der Waals surface area contributed by atoms with Gasteiger partial charge in [-0.2, -0.15) is 0 Å². The maximum Gasteiger partial charge on any atom is 0.414 e. The van der Waals surface area contributed by atoms with Gasteiger partial charge >= 0.3 is 6.09 Å². The van der Waals surface area contributed by atoms with Crippen molar-refractivity contribution in [3.05, 3.63) is 34.2 Å². The van der Waals surface area contributed by atoms with E-state index in [2.05, 4.69) is 16.9 Å². The quantitative estimate of drug-likeness (QED) is 0.450. The number of cyclic esters (lactones) is 1. The number of carbonyl (C=O) groups excluding carboxylic acids is 1. The number of benzene rings is 1. The molecule has 3 aliphatic heterocycles. The highest BCUT2D eigenvalue weighted by Crippen LogP contribution is 2.48. The van der Waals surface area contributed by atoms with Gasteiger partial charge in [0.2, 0.25) is 0 Å². The lowest BCUT2D eigenvalue weighted by molar-refractivity contribution is 0.145. The molecule has 3 heterocycles. The Bertz CT molecular complexity index is 780. The van der Waals surface area contributed by atoms with Gasteiger partial charge in [-0.1, -0.05) is 12.0 Å². The van der Waals surface area contributed by atoms with Crippen LogP contribution in [0.4, 0.5) is 25.0 Å². The molecular formula is C16H17F2N5O2S. The minimum atomic E-state index is -0.708. The molecule has 1 amide bonds. The molecule has 7 nitrogen and oxygen atoms in total. The predicted octanol–water partition coefficient (Wildman–Crippen LogP) is 3.89. The number of anilines is 2. The monoisotopic (exact) mass is 381 g/mol. The zero-order valence-electron chi connectivity index (χ0n) is 14.0. The number of hydrogen-bond acceptors (Lipinski definition) is 5. The molecule has 3 aliphatic rings. The fourth-order valence-corrected chi connectivity index (χ4v) is 5.56. The SMILES string of the molecule is C[C@@H]1CC2CSC1N2c1c(F)cc(N2CC(CN=[N+]=[N-])OC2=O)cc1F. The second-order valence-corrected chi connectivity index (χ2v) is 7.94. The molecule has 4 rings (SSSR count). The molecule has 3 unspecified atom stereocenters. The second-order valence-electron chi connectivity index (χ2n) is 6.79. The first-order chi connectivity index (χ1) is 12.5. The highest BCUT2D eigenvalue weighted by molar-refractivity contribution is 8.00. The Morgan fingerprint density at radius 2 is 2.15 bits per heavy atom. The van der Waals surface area contributed by atoms with E-state index in [0.29, 0.717) is 5.92 Å². The van der Waals surface area contributed by atoms with E-state index >= 15 is 0 Å². The molecule has 1 aromatic carbocycles. The molecule has 0 spiro atoms. The van der Waals surface area contributed by atoms with Crippen molar-refractivity contribution in [1.82, 2.24) is 0 Å². The van der Waals surface area contributed by atoms with Crippen molar-refractivity contribution in [3.8, 4) is 0 Å². The second kappa shape index (κ2) is 6.51. The van der Waals surface area contributed by atoms with Gasteiger partial charge in [0, 0.05) is 28.8 Å². The topological polar surface area (TPSA) is 81.5 Å². The molecule has 26 heavy (non-hydrogen) atoms. The highest BCUT2D eigenvalue weighted by Gasteiger charge is 2.47. The van der Waals surface area contributed by atoms with Crippen molar-refractivity contribution in [2.24, 2.45) is 11.0 Å². The van der Waals surface area contributed by atoms with Crippen LogP contribution in [0.3, 0.4) is 0 Å². The standard InChI is InChI=1S/C16H17F2N5O2S/c1-8-2-10-7-26-15(8)23(10)14-12(17)3-9(4-13(14)18)22-6-11(5-20-21-19)25-16(22)24/h3-4,8,10-11,15H,2,5-7H2,1H3/t8-,10?,11?,15?/m1/s1. The molecule has 138 valence electrons. The van der Waals surface area contributed by atoms with Gasteiger partial charge in [-0.3, -0.25) is 4.90 Å². The van der Waals surface area contributed by atoms with Crippen molar-refractivity contribution in [1.29, 1.82) is 0 Å². The lowest BCUT2D eigenvalue weighted by Gasteiger charge is -2.26. The number of azide groups is 1. The van der Waals surface area contributed by atoms with Crippen molar-refractivity contribution in [2.75, 3.05) is 28.6 Å². The van der Waals surface area contributed by atoms with Crippen LogP contribution >= 0.6 is 11.8 Å². The summed E-state index contributed by atoms with van der Waals surface area (Å²) in [6.45, 7) is 2.16. The molecule has 2 bridgehead atoms. The van der Waals surface area contributed by atoms with Gasteiger partial charge in [0.25, 0.3) is 0 Å². The Kier molecular flexibility index (Phi) is 4.32. The van der Waals surface area contributed by atoms with Crippen LogP contribution in [-0.4, -0.2) is 42.5 Å². The molecular weight excluding hydrogens is 364 g/mol. The number of ether oxygens (including phenoxy) is 1. The van der Waals surface area contributed by atoms with Gasteiger partial charge in [0.1, 0.15) is 11.8 Å². The summed E-state index contributed by atoms with van der Waals surface area (Å²) in [6.07, 6.45) is -0.409. The molecule has 0 radical (unpaired) electrons.